The summed E-state index contributed by atoms with van der Waals surface area (Å²) in [6.45, 7) is 2.24. The quantitative estimate of drug-likeness (QED) is 0.436. The molecular weight excluding hydrogens is 352 g/mol. The number of hydrogen-bond donors (Lipinski definition) is 0. The number of esters is 1. The SMILES string of the molecule is C[C@H]1CCC[C@H](OC(=O)CSc2ncnc3sc4c(c23)CCCC4)C1. The number of nitrogens with zero attached hydrogens (tertiary/aromatic N) is 2. The number of carbonyl (C=O) groups is 1. The van der Waals surface area contributed by atoms with Gasteiger partial charge >= 0.3 is 5.97 Å². The maximum absolute atomic E-state index is 12.3. The van der Waals surface area contributed by atoms with Gasteiger partial charge in [-0.2, -0.15) is 0 Å². The van der Waals surface area contributed by atoms with Gasteiger partial charge in [0, 0.05) is 10.3 Å². The fourth-order valence-corrected chi connectivity index (χ4v) is 6.11. The summed E-state index contributed by atoms with van der Waals surface area (Å²) in [7, 11) is 0. The molecule has 6 heteroatoms. The molecule has 2 aromatic heterocycles. The number of aryl methyl sites for hydroxylation is 2. The van der Waals surface area contributed by atoms with Crippen LogP contribution < -0.4 is 0 Å². The van der Waals surface area contributed by atoms with Crippen LogP contribution in [-0.4, -0.2) is 27.8 Å². The minimum absolute atomic E-state index is 0.108. The molecule has 2 aromatic rings. The first-order chi connectivity index (χ1) is 12.2. The standard InChI is InChI=1S/C19H24N2O2S2/c1-12-5-4-6-13(9-12)23-16(22)10-24-18-17-14-7-2-3-8-15(14)25-19(17)21-11-20-18/h11-13H,2-10H2,1H3/t12-,13-/m0/s1. The summed E-state index contributed by atoms with van der Waals surface area (Å²) < 4.78 is 5.69. The molecule has 1 saturated carbocycles. The largest absolute Gasteiger partial charge is 0.462 e. The van der Waals surface area contributed by atoms with Crippen molar-refractivity contribution in [1.82, 2.24) is 9.97 Å². The van der Waals surface area contributed by atoms with Crippen LogP contribution in [0.2, 0.25) is 0 Å². The monoisotopic (exact) mass is 376 g/mol. The highest BCUT2D eigenvalue weighted by Gasteiger charge is 2.23. The van der Waals surface area contributed by atoms with E-state index in [9.17, 15) is 4.79 Å². The minimum atomic E-state index is -0.111. The van der Waals surface area contributed by atoms with Crippen LogP contribution in [-0.2, 0) is 22.4 Å². The Morgan fingerprint density at radius 3 is 3.04 bits per heavy atom. The van der Waals surface area contributed by atoms with E-state index in [1.54, 1.807) is 17.7 Å². The number of aromatic nitrogens is 2. The van der Waals surface area contributed by atoms with Gasteiger partial charge in [0.1, 0.15) is 22.3 Å². The minimum Gasteiger partial charge on any atom is -0.462 e. The Balaban J connectivity index is 1.44. The lowest BCUT2D eigenvalue weighted by atomic mass is 9.89. The van der Waals surface area contributed by atoms with Crippen LogP contribution in [0.3, 0.4) is 0 Å². The van der Waals surface area contributed by atoms with Gasteiger partial charge in [0.15, 0.2) is 0 Å². The number of ether oxygens (including phenoxy) is 1. The number of thioether (sulfide) groups is 1. The Labute approximate surface area is 156 Å². The van der Waals surface area contributed by atoms with Gasteiger partial charge in [-0.1, -0.05) is 25.1 Å². The second-order valence-corrected chi connectivity index (χ2v) is 9.29. The van der Waals surface area contributed by atoms with Gasteiger partial charge in [-0.25, -0.2) is 9.97 Å². The normalized spacial score (nSPS) is 23.4. The zero-order chi connectivity index (χ0) is 17.2. The second kappa shape index (κ2) is 7.62. The molecule has 2 heterocycles. The molecule has 0 aromatic carbocycles. The zero-order valence-electron chi connectivity index (χ0n) is 14.6. The van der Waals surface area contributed by atoms with Gasteiger partial charge in [-0.3, -0.25) is 4.79 Å². The fourth-order valence-electron chi connectivity index (χ4n) is 4.00. The number of rotatable bonds is 4. The summed E-state index contributed by atoms with van der Waals surface area (Å²) in [5.41, 5.74) is 1.42. The first-order valence-corrected chi connectivity index (χ1v) is 11.1. The van der Waals surface area contributed by atoms with Crippen LogP contribution in [0.1, 0.15) is 55.9 Å². The van der Waals surface area contributed by atoms with Gasteiger partial charge in [-0.15, -0.1) is 11.3 Å². The predicted octanol–water partition coefficient (Wildman–Crippen LogP) is 4.78. The first kappa shape index (κ1) is 17.3. The van der Waals surface area contributed by atoms with Crippen molar-refractivity contribution in [2.45, 2.75) is 69.4 Å². The third-order valence-corrected chi connectivity index (χ3v) is 7.39. The van der Waals surface area contributed by atoms with Crippen molar-refractivity contribution < 1.29 is 9.53 Å². The first-order valence-electron chi connectivity index (χ1n) is 9.28. The highest BCUT2D eigenvalue weighted by atomic mass is 32.2. The summed E-state index contributed by atoms with van der Waals surface area (Å²) in [6, 6.07) is 0. The molecule has 1 fully saturated rings. The van der Waals surface area contributed by atoms with E-state index in [-0.39, 0.29) is 12.1 Å². The molecule has 0 saturated heterocycles. The zero-order valence-corrected chi connectivity index (χ0v) is 16.3. The smallest absolute Gasteiger partial charge is 0.316 e. The molecule has 4 nitrogen and oxygen atoms in total. The third-order valence-electron chi connectivity index (χ3n) is 5.23. The molecule has 134 valence electrons. The van der Waals surface area contributed by atoms with Crippen LogP contribution >= 0.6 is 23.1 Å². The number of hydrogen-bond acceptors (Lipinski definition) is 6. The van der Waals surface area contributed by atoms with Crippen molar-refractivity contribution in [3.05, 3.63) is 16.8 Å². The molecule has 0 bridgehead atoms. The van der Waals surface area contributed by atoms with Crippen LogP contribution in [0.5, 0.6) is 0 Å². The Kier molecular flexibility index (Phi) is 5.27. The number of carbonyl (C=O) groups excluding carboxylic acids is 1. The molecule has 4 rings (SSSR count). The Hall–Kier alpha value is -1.14. The van der Waals surface area contributed by atoms with Crippen LogP contribution in [0, 0.1) is 5.92 Å². The molecule has 0 unspecified atom stereocenters. The molecule has 0 amide bonds. The maximum atomic E-state index is 12.3. The van der Waals surface area contributed by atoms with Gasteiger partial charge in [0.25, 0.3) is 0 Å². The molecular formula is C19H24N2O2S2. The lowest BCUT2D eigenvalue weighted by molar-refractivity contribution is -0.147. The van der Waals surface area contributed by atoms with E-state index in [1.165, 1.54) is 53.3 Å². The average molecular weight is 377 g/mol. The van der Waals surface area contributed by atoms with Gasteiger partial charge in [0.05, 0.1) is 5.75 Å². The number of fused-ring (bicyclic) bond motifs is 3. The molecule has 0 N–H and O–H groups in total. The lowest BCUT2D eigenvalue weighted by Crippen LogP contribution is -2.25. The van der Waals surface area contributed by atoms with Crippen molar-refractivity contribution >= 4 is 39.3 Å². The molecule has 2 aliphatic rings. The maximum Gasteiger partial charge on any atom is 0.316 e. The van der Waals surface area contributed by atoms with E-state index in [2.05, 4.69) is 16.9 Å². The van der Waals surface area contributed by atoms with Crippen molar-refractivity contribution in [3.8, 4) is 0 Å². The van der Waals surface area contributed by atoms with E-state index >= 15 is 0 Å². The van der Waals surface area contributed by atoms with Gasteiger partial charge < -0.3 is 4.74 Å². The molecule has 0 radical (unpaired) electrons. The summed E-state index contributed by atoms with van der Waals surface area (Å²) in [4.78, 5) is 23.7. The third kappa shape index (κ3) is 3.85. The Bertz CT molecular complexity index is 774. The van der Waals surface area contributed by atoms with E-state index < -0.39 is 0 Å². The van der Waals surface area contributed by atoms with Gasteiger partial charge in [-0.05, 0) is 56.4 Å². The van der Waals surface area contributed by atoms with Gasteiger partial charge in [0.2, 0.25) is 0 Å². The van der Waals surface area contributed by atoms with E-state index in [0.29, 0.717) is 11.7 Å². The molecule has 2 atom stereocenters. The fraction of sp³-hybridized carbons (Fsp3) is 0.632. The van der Waals surface area contributed by atoms with Crippen molar-refractivity contribution in [2.75, 3.05) is 5.75 Å². The second-order valence-electron chi connectivity index (χ2n) is 7.24. The highest BCUT2D eigenvalue weighted by molar-refractivity contribution is 8.00. The van der Waals surface area contributed by atoms with E-state index in [4.69, 9.17) is 4.74 Å². The van der Waals surface area contributed by atoms with Crippen LogP contribution in [0.25, 0.3) is 10.2 Å². The van der Waals surface area contributed by atoms with E-state index in [1.807, 2.05) is 0 Å². The summed E-state index contributed by atoms with van der Waals surface area (Å²) in [5, 5.41) is 2.13. The highest BCUT2D eigenvalue weighted by Crippen LogP contribution is 2.39. The number of thiophene rings is 1. The average Bonchev–Trinajstić information content (AvgIpc) is 2.99. The van der Waals surface area contributed by atoms with Crippen molar-refractivity contribution in [2.24, 2.45) is 5.92 Å². The summed E-state index contributed by atoms with van der Waals surface area (Å²) in [5.74, 6) is 0.889. The molecule has 2 aliphatic carbocycles. The molecule has 25 heavy (non-hydrogen) atoms. The van der Waals surface area contributed by atoms with E-state index in [0.717, 1.165) is 35.5 Å². The molecule has 0 aliphatic heterocycles. The van der Waals surface area contributed by atoms with Crippen LogP contribution in [0.15, 0.2) is 11.4 Å². The Morgan fingerprint density at radius 1 is 1.28 bits per heavy atom. The van der Waals surface area contributed by atoms with Crippen LogP contribution in [0.4, 0.5) is 0 Å². The topological polar surface area (TPSA) is 52.1 Å². The lowest BCUT2D eigenvalue weighted by Gasteiger charge is -2.26. The predicted molar refractivity (Wildman–Crippen MR) is 102 cm³/mol. The summed E-state index contributed by atoms with van der Waals surface area (Å²) >= 11 is 3.30. The van der Waals surface area contributed by atoms with Crippen molar-refractivity contribution in [3.63, 3.8) is 0 Å². The Morgan fingerprint density at radius 2 is 2.16 bits per heavy atom. The van der Waals surface area contributed by atoms with Crippen molar-refractivity contribution in [1.29, 1.82) is 0 Å². The summed E-state index contributed by atoms with van der Waals surface area (Å²) in [6.07, 6.45) is 10.9. The molecule has 0 spiro atoms.